The highest BCUT2D eigenvalue weighted by Crippen LogP contribution is 2.27. The van der Waals surface area contributed by atoms with Crippen LogP contribution in [0.15, 0.2) is 18.2 Å². The minimum Gasteiger partial charge on any atom is -0.495 e. The van der Waals surface area contributed by atoms with Crippen molar-refractivity contribution in [1.82, 2.24) is 0 Å². The number of nitrogens with one attached hydrogen (secondary N) is 1. The summed E-state index contributed by atoms with van der Waals surface area (Å²) >= 11 is 5.79. The lowest BCUT2D eigenvalue weighted by Gasteiger charge is -2.08. The highest BCUT2D eigenvalue weighted by atomic mass is 35.5. The van der Waals surface area contributed by atoms with Crippen molar-refractivity contribution in [2.75, 3.05) is 19.0 Å². The largest absolute Gasteiger partial charge is 0.495 e. The number of benzene rings is 1. The van der Waals surface area contributed by atoms with E-state index in [-0.39, 0.29) is 6.54 Å². The van der Waals surface area contributed by atoms with E-state index in [4.69, 9.17) is 16.3 Å². The molecule has 0 heterocycles. The molecular formula is C9H10ClF2NO. The van der Waals surface area contributed by atoms with Crippen LogP contribution in [0.2, 0.25) is 5.02 Å². The number of methoxy groups -OCH3 is 1. The van der Waals surface area contributed by atoms with E-state index in [1.807, 2.05) is 0 Å². The Morgan fingerprint density at radius 1 is 1.50 bits per heavy atom. The Labute approximate surface area is 85.8 Å². The number of halogens is 3. The molecule has 0 unspecified atom stereocenters. The summed E-state index contributed by atoms with van der Waals surface area (Å²) in [5, 5.41) is 2.94. The lowest BCUT2D eigenvalue weighted by molar-refractivity contribution is 0.163. The fourth-order valence-electron chi connectivity index (χ4n) is 0.971. The predicted octanol–water partition coefficient (Wildman–Crippen LogP) is 3.03. The third-order valence-electron chi connectivity index (χ3n) is 1.61. The first-order valence-electron chi connectivity index (χ1n) is 3.99. The zero-order valence-electron chi connectivity index (χ0n) is 7.56. The van der Waals surface area contributed by atoms with Gasteiger partial charge in [-0.15, -0.1) is 0 Å². The standard InChI is InChI=1S/C9H10ClF2NO/c1-14-8-3-2-6(4-7(8)10)13-5-9(11)12/h2-4,9,13H,5H2,1H3. The van der Waals surface area contributed by atoms with Crippen LogP contribution >= 0.6 is 11.6 Å². The van der Waals surface area contributed by atoms with Gasteiger partial charge in [0.15, 0.2) is 0 Å². The van der Waals surface area contributed by atoms with Crippen LogP contribution in [-0.2, 0) is 0 Å². The summed E-state index contributed by atoms with van der Waals surface area (Å²) < 4.78 is 28.6. The summed E-state index contributed by atoms with van der Waals surface area (Å²) in [6, 6.07) is 4.80. The fourth-order valence-corrected chi connectivity index (χ4v) is 1.23. The van der Waals surface area contributed by atoms with Crippen LogP contribution in [0.25, 0.3) is 0 Å². The van der Waals surface area contributed by atoms with Gasteiger partial charge in [0.05, 0.1) is 18.7 Å². The fraction of sp³-hybridized carbons (Fsp3) is 0.333. The Hall–Kier alpha value is -1.03. The molecule has 5 heteroatoms. The van der Waals surface area contributed by atoms with Crippen molar-refractivity contribution in [3.8, 4) is 5.75 Å². The molecule has 2 nitrogen and oxygen atoms in total. The molecule has 0 radical (unpaired) electrons. The monoisotopic (exact) mass is 221 g/mol. The van der Waals surface area contributed by atoms with Gasteiger partial charge in [0.2, 0.25) is 0 Å². The molecule has 1 aromatic carbocycles. The van der Waals surface area contributed by atoms with Gasteiger partial charge in [-0.1, -0.05) is 11.6 Å². The molecule has 0 atom stereocenters. The maximum Gasteiger partial charge on any atom is 0.255 e. The summed E-state index contributed by atoms with van der Waals surface area (Å²) in [5.74, 6) is 0.522. The molecule has 0 spiro atoms. The van der Waals surface area contributed by atoms with Gasteiger partial charge in [-0.2, -0.15) is 0 Å². The van der Waals surface area contributed by atoms with E-state index in [0.29, 0.717) is 16.5 Å². The smallest absolute Gasteiger partial charge is 0.255 e. The quantitative estimate of drug-likeness (QED) is 0.844. The molecule has 0 saturated heterocycles. The van der Waals surface area contributed by atoms with Crippen molar-refractivity contribution in [3.05, 3.63) is 23.2 Å². The lowest BCUT2D eigenvalue weighted by Crippen LogP contribution is -2.09. The molecule has 0 fully saturated rings. The normalized spacial score (nSPS) is 10.4. The molecule has 0 bridgehead atoms. The SMILES string of the molecule is COc1ccc(NCC(F)F)cc1Cl. The van der Waals surface area contributed by atoms with Crippen LogP contribution < -0.4 is 10.1 Å². The number of anilines is 1. The van der Waals surface area contributed by atoms with Crippen LogP contribution in [0, 0.1) is 0 Å². The molecule has 0 aliphatic carbocycles. The molecule has 0 aromatic heterocycles. The summed E-state index contributed by atoms with van der Waals surface area (Å²) in [6.45, 7) is -0.386. The summed E-state index contributed by atoms with van der Waals surface area (Å²) in [6.07, 6.45) is -2.38. The molecule has 0 amide bonds. The van der Waals surface area contributed by atoms with Gasteiger partial charge < -0.3 is 10.1 Å². The topological polar surface area (TPSA) is 21.3 Å². The molecule has 0 aliphatic heterocycles. The van der Waals surface area contributed by atoms with Crippen LogP contribution in [0.3, 0.4) is 0 Å². The van der Waals surface area contributed by atoms with Crippen LogP contribution in [-0.4, -0.2) is 20.1 Å². The minimum absolute atomic E-state index is 0.386. The van der Waals surface area contributed by atoms with E-state index < -0.39 is 6.43 Å². The molecule has 0 aliphatic rings. The zero-order valence-corrected chi connectivity index (χ0v) is 8.31. The second-order valence-corrected chi connectivity index (χ2v) is 3.03. The molecule has 14 heavy (non-hydrogen) atoms. The van der Waals surface area contributed by atoms with Crippen LogP contribution in [0.4, 0.5) is 14.5 Å². The predicted molar refractivity (Wildman–Crippen MR) is 52.5 cm³/mol. The average molecular weight is 222 g/mol. The van der Waals surface area contributed by atoms with Crippen LogP contribution in [0.5, 0.6) is 5.75 Å². The Bertz CT molecular complexity index is 307. The van der Waals surface area contributed by atoms with Crippen molar-refractivity contribution in [2.45, 2.75) is 6.43 Å². The second-order valence-electron chi connectivity index (χ2n) is 2.62. The van der Waals surface area contributed by atoms with Crippen LogP contribution in [0.1, 0.15) is 0 Å². The zero-order chi connectivity index (χ0) is 10.6. The number of alkyl halides is 2. The van der Waals surface area contributed by atoms with Crippen molar-refractivity contribution in [3.63, 3.8) is 0 Å². The Kier molecular flexibility index (Phi) is 3.95. The van der Waals surface area contributed by atoms with Crippen molar-refractivity contribution in [2.24, 2.45) is 0 Å². The first-order valence-corrected chi connectivity index (χ1v) is 4.37. The first kappa shape index (κ1) is 11.0. The minimum atomic E-state index is -2.38. The van der Waals surface area contributed by atoms with Crippen molar-refractivity contribution < 1.29 is 13.5 Å². The van der Waals surface area contributed by atoms with Gasteiger partial charge in [0.25, 0.3) is 6.43 Å². The third-order valence-corrected chi connectivity index (χ3v) is 1.91. The maximum atomic E-state index is 11.8. The summed E-state index contributed by atoms with van der Waals surface area (Å²) in [7, 11) is 1.49. The van der Waals surface area contributed by atoms with E-state index in [9.17, 15) is 8.78 Å². The van der Waals surface area contributed by atoms with E-state index in [1.54, 1.807) is 18.2 Å². The second kappa shape index (κ2) is 5.00. The van der Waals surface area contributed by atoms with Gasteiger partial charge >= 0.3 is 0 Å². The van der Waals surface area contributed by atoms with Gasteiger partial charge in [0, 0.05) is 5.69 Å². The highest BCUT2D eigenvalue weighted by Gasteiger charge is 2.04. The van der Waals surface area contributed by atoms with E-state index >= 15 is 0 Å². The highest BCUT2D eigenvalue weighted by molar-refractivity contribution is 6.32. The Morgan fingerprint density at radius 3 is 2.71 bits per heavy atom. The maximum absolute atomic E-state index is 11.8. The molecule has 0 saturated carbocycles. The molecule has 1 aromatic rings. The number of rotatable bonds is 4. The van der Waals surface area contributed by atoms with Gasteiger partial charge in [-0.25, -0.2) is 8.78 Å². The summed E-state index contributed by atoms with van der Waals surface area (Å²) in [4.78, 5) is 0. The van der Waals surface area contributed by atoms with Gasteiger partial charge in [0.1, 0.15) is 5.75 Å². The molecule has 1 rings (SSSR count). The van der Waals surface area contributed by atoms with Crippen molar-refractivity contribution in [1.29, 1.82) is 0 Å². The van der Waals surface area contributed by atoms with E-state index in [1.165, 1.54) is 7.11 Å². The number of ether oxygens (including phenoxy) is 1. The first-order chi connectivity index (χ1) is 6.63. The van der Waals surface area contributed by atoms with E-state index in [2.05, 4.69) is 5.32 Å². The summed E-state index contributed by atoms with van der Waals surface area (Å²) in [5.41, 5.74) is 0.552. The Morgan fingerprint density at radius 2 is 2.21 bits per heavy atom. The van der Waals surface area contributed by atoms with E-state index in [0.717, 1.165) is 0 Å². The lowest BCUT2D eigenvalue weighted by atomic mass is 10.3. The Balaban J connectivity index is 2.66. The third kappa shape index (κ3) is 3.03. The average Bonchev–Trinajstić information content (AvgIpc) is 2.15. The molecule has 1 N–H and O–H groups in total. The number of hydrogen-bond donors (Lipinski definition) is 1. The number of hydrogen-bond acceptors (Lipinski definition) is 2. The van der Waals surface area contributed by atoms with Crippen molar-refractivity contribution >= 4 is 17.3 Å². The molecular weight excluding hydrogens is 212 g/mol. The van der Waals surface area contributed by atoms with Gasteiger partial charge in [-0.05, 0) is 18.2 Å². The molecule has 78 valence electrons. The van der Waals surface area contributed by atoms with Gasteiger partial charge in [-0.3, -0.25) is 0 Å².